The van der Waals surface area contributed by atoms with E-state index in [1.165, 1.54) is 65.0 Å². The van der Waals surface area contributed by atoms with E-state index in [4.69, 9.17) is 0 Å². The average Bonchev–Trinajstić information content (AvgIpc) is 2.42. The Balaban J connectivity index is 2.35. The second kappa shape index (κ2) is 8.92. The molecule has 0 radical (unpaired) electrons. The summed E-state index contributed by atoms with van der Waals surface area (Å²) in [7, 11) is 0. The molecule has 0 N–H and O–H groups in total. The lowest BCUT2D eigenvalue weighted by Gasteiger charge is -2.34. The highest BCUT2D eigenvalue weighted by Gasteiger charge is 2.24. The topological polar surface area (TPSA) is 6.48 Å². The molecule has 1 rings (SSSR count). The minimum absolute atomic E-state index is 0.958. The first-order valence-corrected chi connectivity index (χ1v) is 8.18. The third-order valence-electron chi connectivity index (χ3n) is 4.71. The Hall–Kier alpha value is -0.0800. The van der Waals surface area contributed by atoms with Gasteiger partial charge in [-0.2, -0.15) is 0 Å². The van der Waals surface area contributed by atoms with Gasteiger partial charge in [0.2, 0.25) is 0 Å². The predicted octanol–water partition coefficient (Wildman–Crippen LogP) is 3.48. The molecule has 1 aliphatic rings. The predicted molar refractivity (Wildman–Crippen MR) is 81.0 cm³/mol. The van der Waals surface area contributed by atoms with Crippen LogP contribution in [0.4, 0.5) is 0 Å². The van der Waals surface area contributed by atoms with Crippen LogP contribution in [-0.2, 0) is 0 Å². The van der Waals surface area contributed by atoms with E-state index in [0.29, 0.717) is 0 Å². The van der Waals surface area contributed by atoms with Crippen LogP contribution in [0.15, 0.2) is 0 Å². The fourth-order valence-corrected chi connectivity index (χ4v) is 3.43. The number of hydrogen-bond donors (Lipinski definition) is 0. The highest BCUT2D eigenvalue weighted by atomic mass is 15.1. The molecule has 1 aliphatic carbocycles. The van der Waals surface area contributed by atoms with E-state index < -0.39 is 0 Å². The van der Waals surface area contributed by atoms with E-state index in [2.05, 4.69) is 37.5 Å². The second-order valence-corrected chi connectivity index (χ2v) is 5.87. The number of nitrogens with zero attached hydrogens (tertiary/aromatic N) is 2. The first-order valence-electron chi connectivity index (χ1n) is 8.18. The highest BCUT2D eigenvalue weighted by molar-refractivity contribution is 4.77. The van der Waals surface area contributed by atoms with Gasteiger partial charge in [-0.25, -0.2) is 0 Å². The largest absolute Gasteiger partial charge is 0.304 e. The summed E-state index contributed by atoms with van der Waals surface area (Å²) >= 11 is 0. The molecule has 0 amide bonds. The number of rotatable bonds is 8. The SMILES string of the molecule is CCN(CC)CC1CCCC(CN(CC)CC)C1. The molecule has 2 nitrogen and oxygen atoms in total. The average molecular weight is 254 g/mol. The fourth-order valence-electron chi connectivity index (χ4n) is 3.43. The van der Waals surface area contributed by atoms with Gasteiger partial charge in [-0.1, -0.05) is 34.1 Å². The maximum atomic E-state index is 2.60. The summed E-state index contributed by atoms with van der Waals surface area (Å²) < 4.78 is 0. The van der Waals surface area contributed by atoms with Crippen LogP contribution in [0.2, 0.25) is 0 Å². The van der Waals surface area contributed by atoms with Crippen LogP contribution in [0, 0.1) is 11.8 Å². The van der Waals surface area contributed by atoms with Crippen molar-refractivity contribution in [3.05, 3.63) is 0 Å². The minimum atomic E-state index is 0.958. The van der Waals surface area contributed by atoms with Crippen LogP contribution in [0.25, 0.3) is 0 Å². The summed E-state index contributed by atoms with van der Waals surface area (Å²) in [4.78, 5) is 5.20. The highest BCUT2D eigenvalue weighted by Crippen LogP contribution is 2.30. The minimum Gasteiger partial charge on any atom is -0.304 e. The molecule has 18 heavy (non-hydrogen) atoms. The first-order chi connectivity index (χ1) is 8.73. The van der Waals surface area contributed by atoms with E-state index >= 15 is 0 Å². The molecule has 0 saturated heterocycles. The molecular formula is C16H34N2. The summed E-state index contributed by atoms with van der Waals surface area (Å²) in [5, 5.41) is 0. The van der Waals surface area contributed by atoms with Crippen molar-refractivity contribution < 1.29 is 0 Å². The Labute approximate surface area is 115 Å². The molecule has 0 aromatic heterocycles. The maximum Gasteiger partial charge on any atom is 0.000953 e. The molecule has 1 fully saturated rings. The molecule has 0 spiro atoms. The van der Waals surface area contributed by atoms with E-state index in [1.807, 2.05) is 0 Å². The van der Waals surface area contributed by atoms with Gasteiger partial charge in [0, 0.05) is 13.1 Å². The van der Waals surface area contributed by atoms with Gasteiger partial charge in [0.1, 0.15) is 0 Å². The van der Waals surface area contributed by atoms with Crippen LogP contribution >= 0.6 is 0 Å². The number of hydrogen-bond acceptors (Lipinski definition) is 2. The Morgan fingerprint density at radius 1 is 0.722 bits per heavy atom. The maximum absolute atomic E-state index is 2.60. The molecule has 108 valence electrons. The monoisotopic (exact) mass is 254 g/mol. The third kappa shape index (κ3) is 5.27. The molecule has 0 aliphatic heterocycles. The van der Waals surface area contributed by atoms with Gasteiger partial charge in [-0.15, -0.1) is 0 Å². The smallest absolute Gasteiger partial charge is 0.000953 e. The van der Waals surface area contributed by atoms with Crippen molar-refractivity contribution in [3.63, 3.8) is 0 Å². The van der Waals surface area contributed by atoms with Gasteiger partial charge in [-0.05, 0) is 57.3 Å². The zero-order valence-corrected chi connectivity index (χ0v) is 13.1. The summed E-state index contributed by atoms with van der Waals surface area (Å²) in [6.07, 6.45) is 5.85. The molecule has 1 saturated carbocycles. The first kappa shape index (κ1) is 16.0. The zero-order valence-electron chi connectivity index (χ0n) is 13.1. The van der Waals surface area contributed by atoms with Crippen molar-refractivity contribution >= 4 is 0 Å². The Bertz CT molecular complexity index is 177. The third-order valence-corrected chi connectivity index (χ3v) is 4.71. The van der Waals surface area contributed by atoms with Crippen LogP contribution in [0.1, 0.15) is 53.4 Å². The van der Waals surface area contributed by atoms with Crippen molar-refractivity contribution in [2.75, 3.05) is 39.3 Å². The summed E-state index contributed by atoms with van der Waals surface area (Å²) in [6, 6.07) is 0. The van der Waals surface area contributed by atoms with Crippen LogP contribution in [-0.4, -0.2) is 49.1 Å². The van der Waals surface area contributed by atoms with Gasteiger partial charge in [0.15, 0.2) is 0 Å². The molecule has 2 heteroatoms. The lowest BCUT2D eigenvalue weighted by Crippen LogP contribution is -2.35. The quantitative estimate of drug-likeness (QED) is 0.654. The molecule has 2 unspecified atom stereocenters. The summed E-state index contributed by atoms with van der Waals surface area (Å²) in [5.41, 5.74) is 0. The van der Waals surface area contributed by atoms with Gasteiger partial charge >= 0.3 is 0 Å². The van der Waals surface area contributed by atoms with Crippen molar-refractivity contribution in [1.82, 2.24) is 9.80 Å². The van der Waals surface area contributed by atoms with Gasteiger partial charge in [-0.3, -0.25) is 0 Å². The summed E-state index contributed by atoms with van der Waals surface area (Å²) in [5.74, 6) is 1.92. The molecule has 0 aromatic rings. The van der Waals surface area contributed by atoms with E-state index in [9.17, 15) is 0 Å². The normalized spacial score (nSPS) is 25.0. The van der Waals surface area contributed by atoms with Crippen LogP contribution in [0.3, 0.4) is 0 Å². The molecule has 0 heterocycles. The van der Waals surface area contributed by atoms with E-state index in [-0.39, 0.29) is 0 Å². The van der Waals surface area contributed by atoms with Gasteiger partial charge in [0.25, 0.3) is 0 Å². The molecular weight excluding hydrogens is 220 g/mol. The lowest BCUT2D eigenvalue weighted by atomic mass is 9.81. The fraction of sp³-hybridized carbons (Fsp3) is 1.00. The van der Waals surface area contributed by atoms with E-state index in [0.717, 1.165) is 11.8 Å². The van der Waals surface area contributed by atoms with Crippen molar-refractivity contribution in [2.45, 2.75) is 53.4 Å². The second-order valence-electron chi connectivity index (χ2n) is 5.87. The molecule has 0 aromatic carbocycles. The van der Waals surface area contributed by atoms with Gasteiger partial charge in [0.05, 0.1) is 0 Å². The standard InChI is InChI=1S/C16H34N2/c1-5-17(6-2)13-15-10-9-11-16(12-15)14-18(7-3)8-4/h15-16H,5-14H2,1-4H3. The molecule has 0 bridgehead atoms. The summed E-state index contributed by atoms with van der Waals surface area (Å²) in [6.45, 7) is 16.7. The zero-order chi connectivity index (χ0) is 13.4. The van der Waals surface area contributed by atoms with Gasteiger partial charge < -0.3 is 9.80 Å². The van der Waals surface area contributed by atoms with Crippen molar-refractivity contribution in [2.24, 2.45) is 11.8 Å². The Morgan fingerprint density at radius 2 is 1.11 bits per heavy atom. The molecule has 2 atom stereocenters. The van der Waals surface area contributed by atoms with E-state index in [1.54, 1.807) is 0 Å². The Morgan fingerprint density at radius 3 is 1.44 bits per heavy atom. The Kier molecular flexibility index (Phi) is 7.92. The van der Waals surface area contributed by atoms with Crippen LogP contribution in [0.5, 0.6) is 0 Å². The van der Waals surface area contributed by atoms with Crippen molar-refractivity contribution in [3.8, 4) is 0 Å². The lowest BCUT2D eigenvalue weighted by molar-refractivity contribution is 0.152. The van der Waals surface area contributed by atoms with Crippen molar-refractivity contribution in [1.29, 1.82) is 0 Å². The van der Waals surface area contributed by atoms with Crippen LogP contribution < -0.4 is 0 Å².